The molecule has 21 heavy (non-hydrogen) atoms. The minimum atomic E-state index is -0.985. The lowest BCUT2D eigenvalue weighted by molar-refractivity contribution is -0.166. The van der Waals surface area contributed by atoms with Crippen molar-refractivity contribution in [2.75, 3.05) is 11.9 Å². The number of ether oxygens (including phenoxy) is 1. The van der Waals surface area contributed by atoms with Gasteiger partial charge in [-0.1, -0.05) is 18.9 Å². The summed E-state index contributed by atoms with van der Waals surface area (Å²) in [5, 5.41) is 10.4. The van der Waals surface area contributed by atoms with Gasteiger partial charge < -0.3 is 14.9 Å². The second-order valence-corrected chi connectivity index (χ2v) is 6.51. The largest absolute Gasteiger partial charge is 0.408 e. The molecule has 2 aliphatic rings. The van der Waals surface area contributed by atoms with E-state index in [9.17, 15) is 4.79 Å². The minimum absolute atomic E-state index is 0.0111. The molecule has 1 aromatic heterocycles. The Bertz CT molecular complexity index is 552. The van der Waals surface area contributed by atoms with E-state index < -0.39 is 11.0 Å². The SMILES string of the molecule is CCOC1CC(N)(C(=O)Nc2nnc(C3CC3)o2)C1(C)C. The molecule has 1 heterocycles. The summed E-state index contributed by atoms with van der Waals surface area (Å²) in [7, 11) is 0. The highest BCUT2D eigenvalue weighted by atomic mass is 16.5. The molecule has 3 rings (SSSR count). The second-order valence-electron chi connectivity index (χ2n) is 6.51. The van der Waals surface area contributed by atoms with E-state index in [1.165, 1.54) is 0 Å². The minimum Gasteiger partial charge on any atom is -0.408 e. The number of nitrogens with zero attached hydrogens (tertiary/aromatic N) is 2. The van der Waals surface area contributed by atoms with Crippen LogP contribution in [0.25, 0.3) is 0 Å². The quantitative estimate of drug-likeness (QED) is 0.851. The Kier molecular flexibility index (Phi) is 3.29. The molecule has 2 unspecified atom stereocenters. The maximum Gasteiger partial charge on any atom is 0.322 e. The Hall–Kier alpha value is -1.47. The van der Waals surface area contributed by atoms with Crippen LogP contribution in [-0.2, 0) is 9.53 Å². The van der Waals surface area contributed by atoms with Crippen LogP contribution in [-0.4, -0.2) is 34.4 Å². The predicted octanol–water partition coefficient (Wildman–Crippen LogP) is 1.42. The summed E-state index contributed by atoms with van der Waals surface area (Å²) in [5.74, 6) is 0.656. The molecule has 1 amide bonds. The van der Waals surface area contributed by atoms with E-state index >= 15 is 0 Å². The monoisotopic (exact) mass is 294 g/mol. The van der Waals surface area contributed by atoms with Crippen molar-refractivity contribution < 1.29 is 13.9 Å². The van der Waals surface area contributed by atoms with Gasteiger partial charge in [0.15, 0.2) is 0 Å². The van der Waals surface area contributed by atoms with E-state index in [0.29, 0.717) is 24.8 Å². The van der Waals surface area contributed by atoms with Gasteiger partial charge in [-0.2, -0.15) is 0 Å². The zero-order chi connectivity index (χ0) is 15.3. The van der Waals surface area contributed by atoms with Gasteiger partial charge >= 0.3 is 6.01 Å². The van der Waals surface area contributed by atoms with Crippen molar-refractivity contribution in [3.63, 3.8) is 0 Å². The Morgan fingerprint density at radius 1 is 1.48 bits per heavy atom. The van der Waals surface area contributed by atoms with Gasteiger partial charge in [0.25, 0.3) is 0 Å². The summed E-state index contributed by atoms with van der Waals surface area (Å²) in [6.45, 7) is 6.43. The molecule has 0 saturated heterocycles. The number of rotatable bonds is 5. The summed E-state index contributed by atoms with van der Waals surface area (Å²) in [6, 6.07) is 0.127. The van der Waals surface area contributed by atoms with Crippen LogP contribution in [0.15, 0.2) is 4.42 Å². The molecule has 116 valence electrons. The fourth-order valence-corrected chi connectivity index (χ4v) is 2.81. The number of carbonyl (C=O) groups is 1. The lowest BCUT2D eigenvalue weighted by Crippen LogP contribution is -2.74. The van der Waals surface area contributed by atoms with Crippen molar-refractivity contribution in [3.05, 3.63) is 5.89 Å². The molecule has 0 spiro atoms. The molecule has 2 atom stereocenters. The third kappa shape index (κ3) is 2.24. The molecule has 2 aliphatic carbocycles. The maximum atomic E-state index is 12.5. The summed E-state index contributed by atoms with van der Waals surface area (Å²) in [5.41, 5.74) is 4.87. The average Bonchev–Trinajstić information content (AvgIpc) is 3.19. The highest BCUT2D eigenvalue weighted by Gasteiger charge is 2.63. The first-order valence-electron chi connectivity index (χ1n) is 7.44. The van der Waals surface area contributed by atoms with Crippen LogP contribution in [0, 0.1) is 5.41 Å². The molecule has 3 N–H and O–H groups in total. The van der Waals surface area contributed by atoms with Crippen LogP contribution in [0.2, 0.25) is 0 Å². The molecule has 0 radical (unpaired) electrons. The molecular weight excluding hydrogens is 272 g/mol. The van der Waals surface area contributed by atoms with E-state index in [0.717, 1.165) is 12.8 Å². The van der Waals surface area contributed by atoms with Gasteiger partial charge in [-0.05, 0) is 19.8 Å². The first-order chi connectivity index (χ1) is 9.88. The van der Waals surface area contributed by atoms with Crippen molar-refractivity contribution in [3.8, 4) is 0 Å². The highest BCUT2D eigenvalue weighted by molar-refractivity contribution is 5.98. The summed E-state index contributed by atoms with van der Waals surface area (Å²) in [4.78, 5) is 12.5. The van der Waals surface area contributed by atoms with Crippen LogP contribution in [0.3, 0.4) is 0 Å². The van der Waals surface area contributed by atoms with Crippen molar-refractivity contribution in [1.82, 2.24) is 10.2 Å². The number of hydrogen-bond donors (Lipinski definition) is 2. The fraction of sp³-hybridized carbons (Fsp3) is 0.786. The van der Waals surface area contributed by atoms with Crippen molar-refractivity contribution in [1.29, 1.82) is 0 Å². The van der Waals surface area contributed by atoms with E-state index in [1.54, 1.807) is 0 Å². The Morgan fingerprint density at radius 3 is 2.76 bits per heavy atom. The van der Waals surface area contributed by atoms with E-state index in [-0.39, 0.29) is 18.0 Å². The molecule has 0 aromatic carbocycles. The van der Waals surface area contributed by atoms with E-state index in [2.05, 4.69) is 15.5 Å². The first kappa shape index (κ1) is 14.5. The molecular formula is C14H22N4O3. The number of nitrogens with one attached hydrogen (secondary N) is 1. The molecule has 1 aromatic rings. The number of amides is 1. The van der Waals surface area contributed by atoms with Gasteiger partial charge in [-0.3, -0.25) is 10.1 Å². The Morgan fingerprint density at radius 2 is 2.19 bits per heavy atom. The molecule has 2 fully saturated rings. The van der Waals surface area contributed by atoms with Gasteiger partial charge in [-0.25, -0.2) is 0 Å². The van der Waals surface area contributed by atoms with Crippen LogP contribution < -0.4 is 11.1 Å². The Labute approximate surface area is 123 Å². The fourth-order valence-electron chi connectivity index (χ4n) is 2.81. The number of carbonyl (C=O) groups excluding carboxylic acids is 1. The van der Waals surface area contributed by atoms with Gasteiger partial charge in [0.05, 0.1) is 6.10 Å². The molecule has 0 bridgehead atoms. The van der Waals surface area contributed by atoms with Gasteiger partial charge in [0.1, 0.15) is 5.54 Å². The summed E-state index contributed by atoms with van der Waals surface area (Å²) < 4.78 is 11.1. The third-order valence-corrected chi connectivity index (χ3v) is 4.82. The molecule has 0 aliphatic heterocycles. The third-order valence-electron chi connectivity index (χ3n) is 4.82. The maximum absolute atomic E-state index is 12.5. The zero-order valence-electron chi connectivity index (χ0n) is 12.7. The normalized spacial score (nSPS) is 30.8. The van der Waals surface area contributed by atoms with Gasteiger partial charge in [0.2, 0.25) is 11.8 Å². The van der Waals surface area contributed by atoms with E-state index in [4.69, 9.17) is 14.9 Å². The number of aromatic nitrogens is 2. The topological polar surface area (TPSA) is 103 Å². The summed E-state index contributed by atoms with van der Waals surface area (Å²) >= 11 is 0. The molecule has 7 nitrogen and oxygen atoms in total. The standard InChI is InChI=1S/C14H22N4O3/c1-4-20-9-7-14(15,13(9,2)3)11(19)16-12-18-17-10(21-12)8-5-6-8/h8-9H,4-7,15H2,1-3H3,(H,16,18,19). The highest BCUT2D eigenvalue weighted by Crippen LogP contribution is 2.50. The van der Waals surface area contributed by atoms with E-state index in [1.807, 2.05) is 20.8 Å². The first-order valence-corrected chi connectivity index (χ1v) is 7.44. The van der Waals surface area contributed by atoms with Gasteiger partial charge in [0, 0.05) is 24.4 Å². The lowest BCUT2D eigenvalue weighted by Gasteiger charge is -2.57. The lowest BCUT2D eigenvalue weighted by atomic mass is 9.54. The van der Waals surface area contributed by atoms with Gasteiger partial charge in [-0.15, -0.1) is 5.10 Å². The Balaban J connectivity index is 1.67. The van der Waals surface area contributed by atoms with Crippen LogP contribution >= 0.6 is 0 Å². The molecule has 2 saturated carbocycles. The second kappa shape index (κ2) is 4.78. The van der Waals surface area contributed by atoms with Crippen LogP contribution in [0.5, 0.6) is 0 Å². The zero-order valence-corrected chi connectivity index (χ0v) is 12.7. The average molecular weight is 294 g/mol. The predicted molar refractivity (Wildman–Crippen MR) is 75.6 cm³/mol. The van der Waals surface area contributed by atoms with Crippen LogP contribution in [0.1, 0.15) is 51.8 Å². The van der Waals surface area contributed by atoms with Crippen molar-refractivity contribution in [2.24, 2.45) is 11.1 Å². The summed E-state index contributed by atoms with van der Waals surface area (Å²) in [6.07, 6.45) is 2.62. The molecule has 7 heteroatoms. The van der Waals surface area contributed by atoms with Crippen molar-refractivity contribution in [2.45, 2.75) is 57.6 Å². The van der Waals surface area contributed by atoms with Crippen molar-refractivity contribution >= 4 is 11.9 Å². The number of nitrogens with two attached hydrogens (primary N) is 1. The van der Waals surface area contributed by atoms with Crippen LogP contribution in [0.4, 0.5) is 6.01 Å². The number of hydrogen-bond acceptors (Lipinski definition) is 6. The smallest absolute Gasteiger partial charge is 0.322 e. The number of anilines is 1.